The van der Waals surface area contributed by atoms with Crippen molar-refractivity contribution in [1.29, 1.82) is 0 Å². The molecule has 0 aromatic carbocycles. The van der Waals surface area contributed by atoms with E-state index in [1.165, 1.54) is 0 Å². The highest BCUT2D eigenvalue weighted by atomic mass is 16.3. The van der Waals surface area contributed by atoms with Crippen molar-refractivity contribution in [1.82, 2.24) is 9.61 Å². The molecule has 0 radical (unpaired) electrons. The van der Waals surface area contributed by atoms with Crippen LogP contribution in [0, 0.1) is 0 Å². The van der Waals surface area contributed by atoms with Gasteiger partial charge >= 0.3 is 0 Å². The van der Waals surface area contributed by atoms with Gasteiger partial charge in [0.05, 0.1) is 17.8 Å². The van der Waals surface area contributed by atoms with Gasteiger partial charge in [0.25, 0.3) is 0 Å². The summed E-state index contributed by atoms with van der Waals surface area (Å²) in [6, 6.07) is 5.84. The Morgan fingerprint density at radius 1 is 1.56 bits per heavy atom. The number of pyridine rings is 1. The van der Waals surface area contributed by atoms with Crippen molar-refractivity contribution in [3.05, 3.63) is 48.3 Å². The molecule has 0 amide bonds. The van der Waals surface area contributed by atoms with Crippen LogP contribution in [0.2, 0.25) is 0 Å². The largest absolute Gasteiger partial charge is 0.388 e. The maximum absolute atomic E-state index is 10.1. The normalized spacial score (nSPS) is 12.9. The molecule has 16 heavy (non-hydrogen) atoms. The molecule has 2 aromatic rings. The average Bonchev–Trinajstić information content (AvgIpc) is 2.69. The molecule has 0 saturated heterocycles. The molecule has 1 atom stereocenters. The van der Waals surface area contributed by atoms with Crippen LogP contribution >= 0.6 is 0 Å². The molecular weight excluding hydrogens is 200 g/mol. The number of aromatic nitrogens is 2. The molecule has 2 aromatic heterocycles. The summed E-state index contributed by atoms with van der Waals surface area (Å²) >= 11 is 0. The lowest BCUT2D eigenvalue weighted by Gasteiger charge is -2.08. The van der Waals surface area contributed by atoms with Crippen molar-refractivity contribution >= 4 is 5.52 Å². The first-order chi connectivity index (χ1) is 7.68. The third-order valence-electron chi connectivity index (χ3n) is 2.66. The van der Waals surface area contributed by atoms with Gasteiger partial charge in [0, 0.05) is 11.8 Å². The van der Waals surface area contributed by atoms with E-state index in [1.807, 2.05) is 31.3 Å². The van der Waals surface area contributed by atoms with Crippen LogP contribution in [0.5, 0.6) is 0 Å². The quantitative estimate of drug-likeness (QED) is 0.798. The summed E-state index contributed by atoms with van der Waals surface area (Å²) in [5.74, 6) is 0. The second kappa shape index (κ2) is 4.49. The molecule has 0 spiro atoms. The Balaban J connectivity index is 2.22. The molecular formula is C13H16N2O. The number of allylic oxidation sites excluding steroid dienone is 1. The number of fused-ring (bicyclic) bond motifs is 1. The summed E-state index contributed by atoms with van der Waals surface area (Å²) in [5.41, 5.74) is 2.95. The second-order valence-corrected chi connectivity index (χ2v) is 4.14. The lowest BCUT2D eigenvalue weighted by molar-refractivity contribution is 0.169. The van der Waals surface area contributed by atoms with E-state index in [1.54, 1.807) is 10.7 Å². The number of nitrogens with zero attached hydrogens (tertiary/aromatic N) is 2. The fourth-order valence-corrected chi connectivity index (χ4v) is 1.75. The Labute approximate surface area is 95.0 Å². The molecule has 1 N–H and O–H groups in total. The third kappa shape index (κ3) is 2.14. The zero-order valence-electron chi connectivity index (χ0n) is 9.43. The topological polar surface area (TPSA) is 37.5 Å². The fraction of sp³-hybridized carbons (Fsp3) is 0.308. The van der Waals surface area contributed by atoms with Gasteiger partial charge < -0.3 is 5.11 Å². The van der Waals surface area contributed by atoms with Gasteiger partial charge in [-0.3, -0.25) is 0 Å². The fourth-order valence-electron chi connectivity index (χ4n) is 1.75. The smallest absolute Gasteiger partial charge is 0.0829 e. The summed E-state index contributed by atoms with van der Waals surface area (Å²) < 4.78 is 1.78. The van der Waals surface area contributed by atoms with E-state index in [2.05, 4.69) is 11.7 Å². The van der Waals surface area contributed by atoms with E-state index >= 15 is 0 Å². The van der Waals surface area contributed by atoms with Crippen LogP contribution in [0.3, 0.4) is 0 Å². The number of aliphatic hydroxyl groups is 1. The van der Waals surface area contributed by atoms with Gasteiger partial charge in [-0.2, -0.15) is 5.10 Å². The summed E-state index contributed by atoms with van der Waals surface area (Å²) in [6.07, 6.45) is 4.69. The predicted octanol–water partition coefficient (Wildman–Crippen LogP) is 2.72. The second-order valence-electron chi connectivity index (χ2n) is 4.14. The highest BCUT2D eigenvalue weighted by molar-refractivity contribution is 5.54. The van der Waals surface area contributed by atoms with Crippen molar-refractivity contribution < 1.29 is 5.11 Å². The van der Waals surface area contributed by atoms with E-state index in [0.29, 0.717) is 6.42 Å². The Morgan fingerprint density at radius 2 is 2.38 bits per heavy atom. The molecule has 0 bridgehead atoms. The van der Waals surface area contributed by atoms with E-state index < -0.39 is 6.10 Å². The van der Waals surface area contributed by atoms with Gasteiger partial charge in [-0.25, -0.2) is 4.52 Å². The summed E-state index contributed by atoms with van der Waals surface area (Å²) in [6.45, 7) is 5.81. The maximum Gasteiger partial charge on any atom is 0.0829 e. The molecule has 0 fully saturated rings. The molecule has 2 rings (SSSR count). The molecule has 0 aliphatic heterocycles. The van der Waals surface area contributed by atoms with Crippen LogP contribution in [-0.2, 0) is 0 Å². The highest BCUT2D eigenvalue weighted by Crippen LogP contribution is 2.23. The minimum absolute atomic E-state index is 0.461. The molecule has 0 aliphatic rings. The first-order valence-electron chi connectivity index (χ1n) is 5.43. The molecule has 84 valence electrons. The van der Waals surface area contributed by atoms with E-state index in [-0.39, 0.29) is 0 Å². The standard InChI is InChI=1S/C13H16N2O/c1-10(2)6-7-13(16)11-9-14-15-8-4-3-5-12(11)15/h3-5,8-9,13,16H,1,6-7H2,2H3. The predicted molar refractivity (Wildman–Crippen MR) is 64.2 cm³/mol. The zero-order valence-corrected chi connectivity index (χ0v) is 9.43. The summed E-state index contributed by atoms with van der Waals surface area (Å²) in [7, 11) is 0. The van der Waals surface area contributed by atoms with E-state index in [0.717, 1.165) is 23.1 Å². The Hall–Kier alpha value is -1.61. The van der Waals surface area contributed by atoms with Crippen LogP contribution in [-0.4, -0.2) is 14.7 Å². The van der Waals surface area contributed by atoms with Crippen LogP contribution in [0.25, 0.3) is 5.52 Å². The van der Waals surface area contributed by atoms with E-state index in [9.17, 15) is 5.11 Å². The van der Waals surface area contributed by atoms with Gasteiger partial charge in [0.1, 0.15) is 0 Å². The third-order valence-corrected chi connectivity index (χ3v) is 2.66. The van der Waals surface area contributed by atoms with Gasteiger partial charge in [0.2, 0.25) is 0 Å². The van der Waals surface area contributed by atoms with Crippen LogP contribution in [0.4, 0.5) is 0 Å². The van der Waals surface area contributed by atoms with Crippen LogP contribution in [0.1, 0.15) is 31.4 Å². The van der Waals surface area contributed by atoms with Crippen molar-refractivity contribution in [3.63, 3.8) is 0 Å². The van der Waals surface area contributed by atoms with Gasteiger partial charge in [-0.15, -0.1) is 6.58 Å². The summed E-state index contributed by atoms with van der Waals surface area (Å²) in [5, 5.41) is 14.3. The first-order valence-corrected chi connectivity index (χ1v) is 5.43. The zero-order chi connectivity index (χ0) is 11.5. The minimum Gasteiger partial charge on any atom is -0.388 e. The Morgan fingerprint density at radius 3 is 3.12 bits per heavy atom. The molecule has 3 nitrogen and oxygen atoms in total. The molecule has 2 heterocycles. The number of hydrogen-bond acceptors (Lipinski definition) is 2. The van der Waals surface area contributed by atoms with Gasteiger partial charge in [-0.1, -0.05) is 11.6 Å². The van der Waals surface area contributed by atoms with Crippen molar-refractivity contribution in [2.24, 2.45) is 0 Å². The van der Waals surface area contributed by atoms with Crippen molar-refractivity contribution in [2.75, 3.05) is 0 Å². The maximum atomic E-state index is 10.1. The SMILES string of the molecule is C=C(C)CCC(O)c1cnn2ccccc12. The van der Waals surface area contributed by atoms with Crippen LogP contribution < -0.4 is 0 Å². The lowest BCUT2D eigenvalue weighted by Crippen LogP contribution is -1.97. The van der Waals surface area contributed by atoms with Crippen molar-refractivity contribution in [3.8, 4) is 0 Å². The van der Waals surface area contributed by atoms with E-state index in [4.69, 9.17) is 0 Å². The van der Waals surface area contributed by atoms with Gasteiger partial charge in [0.15, 0.2) is 0 Å². The number of aliphatic hydroxyl groups excluding tert-OH is 1. The highest BCUT2D eigenvalue weighted by Gasteiger charge is 2.12. The monoisotopic (exact) mass is 216 g/mol. The first kappa shape index (κ1) is 10.9. The Bertz CT molecular complexity index is 501. The lowest BCUT2D eigenvalue weighted by atomic mass is 10.0. The molecule has 0 aliphatic carbocycles. The minimum atomic E-state index is -0.461. The van der Waals surface area contributed by atoms with Crippen LogP contribution in [0.15, 0.2) is 42.7 Å². The average molecular weight is 216 g/mol. The van der Waals surface area contributed by atoms with Crippen molar-refractivity contribution in [2.45, 2.75) is 25.9 Å². The molecule has 1 unspecified atom stereocenters. The van der Waals surface area contributed by atoms with Gasteiger partial charge in [-0.05, 0) is 31.9 Å². The number of rotatable bonds is 4. The Kier molecular flexibility index (Phi) is 3.06. The summed E-state index contributed by atoms with van der Waals surface area (Å²) in [4.78, 5) is 0. The molecule has 0 saturated carbocycles. The molecule has 3 heteroatoms. The number of hydrogen-bond donors (Lipinski definition) is 1.